The Balaban J connectivity index is 4.23. The summed E-state index contributed by atoms with van der Waals surface area (Å²) in [5, 5.41) is 0. The van der Waals surface area contributed by atoms with Crippen molar-refractivity contribution in [2.45, 2.75) is 6.92 Å². The molecule has 0 aliphatic carbocycles. The highest BCUT2D eigenvalue weighted by Gasteiger charge is 1.89. The first-order valence-electron chi connectivity index (χ1n) is 3.16. The zero-order valence-electron chi connectivity index (χ0n) is 6.30. The van der Waals surface area contributed by atoms with Crippen LogP contribution in [0.2, 0.25) is 0 Å². The van der Waals surface area contributed by atoms with Crippen molar-refractivity contribution in [1.29, 1.82) is 0 Å². The van der Waals surface area contributed by atoms with E-state index in [4.69, 9.17) is 11.5 Å². The van der Waals surface area contributed by atoms with Crippen LogP contribution in [-0.4, -0.2) is 6.54 Å². The van der Waals surface area contributed by atoms with Crippen molar-refractivity contribution >= 4 is 0 Å². The predicted octanol–water partition coefficient (Wildman–Crippen LogP) is 0.920. The van der Waals surface area contributed by atoms with Crippen LogP contribution in [0.5, 0.6) is 0 Å². The van der Waals surface area contributed by atoms with Crippen LogP contribution >= 0.6 is 0 Å². The summed E-state index contributed by atoms with van der Waals surface area (Å²) in [4.78, 5) is 0. The van der Waals surface area contributed by atoms with Crippen LogP contribution < -0.4 is 11.5 Å². The lowest BCUT2D eigenvalue weighted by Gasteiger charge is -1.98. The molecular formula is C8H14N2. The lowest BCUT2D eigenvalue weighted by Crippen LogP contribution is -2.07. The topological polar surface area (TPSA) is 52.0 Å². The van der Waals surface area contributed by atoms with Crippen LogP contribution in [0.3, 0.4) is 0 Å². The summed E-state index contributed by atoms with van der Waals surface area (Å²) in [6, 6.07) is 0. The molecule has 0 unspecified atom stereocenters. The fourth-order valence-electron chi connectivity index (χ4n) is 0.545. The highest BCUT2D eigenvalue weighted by molar-refractivity contribution is 5.25. The van der Waals surface area contributed by atoms with Gasteiger partial charge in [-0.15, -0.1) is 0 Å². The molecular weight excluding hydrogens is 124 g/mol. The molecule has 0 aromatic rings. The van der Waals surface area contributed by atoms with Crippen molar-refractivity contribution in [2.24, 2.45) is 11.5 Å². The fraction of sp³-hybridized carbons (Fsp3) is 0.250. The Morgan fingerprint density at radius 2 is 2.20 bits per heavy atom. The van der Waals surface area contributed by atoms with E-state index < -0.39 is 0 Å². The van der Waals surface area contributed by atoms with Gasteiger partial charge in [0, 0.05) is 12.2 Å². The molecule has 4 N–H and O–H groups in total. The lowest BCUT2D eigenvalue weighted by molar-refractivity contribution is 1.12. The zero-order chi connectivity index (χ0) is 7.98. The maximum absolute atomic E-state index is 5.50. The number of rotatable bonds is 3. The molecule has 0 amide bonds. The van der Waals surface area contributed by atoms with E-state index in [2.05, 4.69) is 6.58 Å². The molecule has 2 nitrogen and oxygen atoms in total. The van der Waals surface area contributed by atoms with Crippen molar-refractivity contribution < 1.29 is 0 Å². The number of hydrogen-bond acceptors (Lipinski definition) is 2. The molecule has 0 aliphatic rings. The molecule has 0 rings (SSSR count). The Morgan fingerprint density at radius 3 is 2.50 bits per heavy atom. The van der Waals surface area contributed by atoms with Crippen LogP contribution in [0, 0.1) is 0 Å². The van der Waals surface area contributed by atoms with E-state index in [0.717, 1.165) is 11.3 Å². The van der Waals surface area contributed by atoms with Gasteiger partial charge in [-0.1, -0.05) is 24.8 Å². The van der Waals surface area contributed by atoms with Gasteiger partial charge in [-0.2, -0.15) is 0 Å². The van der Waals surface area contributed by atoms with Gasteiger partial charge in [-0.25, -0.2) is 0 Å². The second kappa shape index (κ2) is 4.82. The minimum Gasteiger partial charge on any atom is -0.402 e. The van der Waals surface area contributed by atoms with Gasteiger partial charge >= 0.3 is 0 Å². The standard InChI is InChI=1S/C8H14N2/c1-3-4-5-8(6-9)7(2)10/h3-5H,1,6,9-10H2,2H3/b5-4-,8-7-. The van der Waals surface area contributed by atoms with Crippen molar-refractivity contribution in [2.75, 3.05) is 6.54 Å². The van der Waals surface area contributed by atoms with Crippen molar-refractivity contribution in [3.05, 3.63) is 36.1 Å². The number of hydrogen-bond donors (Lipinski definition) is 2. The minimum absolute atomic E-state index is 0.479. The molecule has 10 heavy (non-hydrogen) atoms. The second-order valence-corrected chi connectivity index (χ2v) is 2.01. The van der Waals surface area contributed by atoms with E-state index in [1.54, 1.807) is 6.08 Å². The molecule has 0 spiro atoms. The average molecular weight is 138 g/mol. The lowest BCUT2D eigenvalue weighted by atomic mass is 10.2. The number of nitrogens with two attached hydrogens (primary N) is 2. The van der Waals surface area contributed by atoms with E-state index in [1.807, 2.05) is 19.1 Å². The third kappa shape index (κ3) is 3.10. The maximum atomic E-state index is 5.50. The summed E-state index contributed by atoms with van der Waals surface area (Å²) in [6.45, 7) is 5.84. The Hall–Kier alpha value is -1.02. The Labute approximate surface area is 61.9 Å². The molecule has 2 heteroatoms. The van der Waals surface area contributed by atoms with E-state index >= 15 is 0 Å². The summed E-state index contributed by atoms with van der Waals surface area (Å²) < 4.78 is 0. The SMILES string of the molecule is C=C/C=C\C(CN)=C(/C)N. The Bertz CT molecular complexity index is 162. The highest BCUT2D eigenvalue weighted by atomic mass is 14.6. The molecule has 0 bridgehead atoms. The van der Waals surface area contributed by atoms with Crippen molar-refractivity contribution in [3.63, 3.8) is 0 Å². The molecule has 0 saturated carbocycles. The summed E-state index contributed by atoms with van der Waals surface area (Å²) >= 11 is 0. The Kier molecular flexibility index (Phi) is 4.33. The maximum Gasteiger partial charge on any atom is 0.0195 e. The normalized spacial score (nSPS) is 13.4. The monoisotopic (exact) mass is 138 g/mol. The van der Waals surface area contributed by atoms with Gasteiger partial charge in [-0.05, 0) is 12.5 Å². The third-order valence-electron chi connectivity index (χ3n) is 1.16. The molecule has 56 valence electrons. The first-order chi connectivity index (χ1) is 4.72. The van der Waals surface area contributed by atoms with E-state index in [0.29, 0.717) is 6.54 Å². The second-order valence-electron chi connectivity index (χ2n) is 2.01. The zero-order valence-corrected chi connectivity index (χ0v) is 6.30. The first kappa shape index (κ1) is 8.98. The smallest absolute Gasteiger partial charge is 0.0195 e. The van der Waals surface area contributed by atoms with Gasteiger partial charge in [0.15, 0.2) is 0 Å². The summed E-state index contributed by atoms with van der Waals surface area (Å²) in [6.07, 6.45) is 5.37. The molecule has 0 aromatic carbocycles. The first-order valence-corrected chi connectivity index (χ1v) is 3.16. The molecule has 0 atom stereocenters. The van der Waals surface area contributed by atoms with E-state index in [1.165, 1.54) is 0 Å². The molecule has 0 aromatic heterocycles. The van der Waals surface area contributed by atoms with Gasteiger partial charge in [-0.3, -0.25) is 0 Å². The fourth-order valence-corrected chi connectivity index (χ4v) is 0.545. The third-order valence-corrected chi connectivity index (χ3v) is 1.16. The molecule has 0 saturated heterocycles. The molecule has 0 fully saturated rings. The highest BCUT2D eigenvalue weighted by Crippen LogP contribution is 1.97. The van der Waals surface area contributed by atoms with E-state index in [-0.39, 0.29) is 0 Å². The van der Waals surface area contributed by atoms with Gasteiger partial charge in [0.1, 0.15) is 0 Å². The molecule has 0 heterocycles. The van der Waals surface area contributed by atoms with Crippen molar-refractivity contribution in [3.8, 4) is 0 Å². The molecule has 0 aliphatic heterocycles. The van der Waals surface area contributed by atoms with Gasteiger partial charge in [0.05, 0.1) is 0 Å². The van der Waals surface area contributed by atoms with Gasteiger partial charge in [0.2, 0.25) is 0 Å². The summed E-state index contributed by atoms with van der Waals surface area (Å²) in [7, 11) is 0. The van der Waals surface area contributed by atoms with Crippen LogP contribution in [0.4, 0.5) is 0 Å². The van der Waals surface area contributed by atoms with Crippen LogP contribution in [0.25, 0.3) is 0 Å². The van der Waals surface area contributed by atoms with Crippen LogP contribution in [-0.2, 0) is 0 Å². The van der Waals surface area contributed by atoms with Crippen molar-refractivity contribution in [1.82, 2.24) is 0 Å². The van der Waals surface area contributed by atoms with Gasteiger partial charge in [0.25, 0.3) is 0 Å². The Morgan fingerprint density at radius 1 is 1.60 bits per heavy atom. The van der Waals surface area contributed by atoms with Crippen LogP contribution in [0.1, 0.15) is 6.92 Å². The van der Waals surface area contributed by atoms with Gasteiger partial charge < -0.3 is 11.5 Å². The predicted molar refractivity (Wildman–Crippen MR) is 45.3 cm³/mol. The quantitative estimate of drug-likeness (QED) is 0.570. The largest absolute Gasteiger partial charge is 0.402 e. The average Bonchev–Trinajstić information content (AvgIpc) is 1.89. The number of allylic oxidation sites excluding steroid dienone is 3. The van der Waals surface area contributed by atoms with E-state index in [9.17, 15) is 0 Å². The molecule has 0 radical (unpaired) electrons. The van der Waals surface area contributed by atoms with Crippen LogP contribution in [0.15, 0.2) is 36.1 Å². The minimum atomic E-state index is 0.479. The summed E-state index contributed by atoms with van der Waals surface area (Å²) in [5.41, 5.74) is 12.6. The summed E-state index contributed by atoms with van der Waals surface area (Å²) in [5.74, 6) is 0.